The quantitative estimate of drug-likeness (QED) is 0.253. The summed E-state index contributed by atoms with van der Waals surface area (Å²) in [5.41, 5.74) is 1.01. The number of amides is 2. The van der Waals surface area contributed by atoms with Gasteiger partial charge in [-0.1, -0.05) is 60.7 Å². The van der Waals surface area contributed by atoms with E-state index in [1.807, 2.05) is 60.7 Å². The standard InChI is InChI=1S/C30H43N3O7/c1-30(2,3)33(29(38)39)25(17-22-12-8-5-9-13-22)27(35)19-31-18-26(34)24(16-21-10-6-4-7-11-21)32(28(36)37)23-14-15-40-20-23/h4-13,23-27,31,34-35H,14-20H2,1-3H3,(H,36,37)(H,38,39)/t23-,24-,25-,26+,27+/m0/s1. The molecule has 220 valence electrons. The molecule has 1 aliphatic heterocycles. The Morgan fingerprint density at radius 3 is 1.80 bits per heavy atom. The average molecular weight is 558 g/mol. The van der Waals surface area contributed by atoms with Crippen LogP contribution in [0.25, 0.3) is 0 Å². The van der Waals surface area contributed by atoms with Crippen LogP contribution in [0.1, 0.15) is 38.3 Å². The molecule has 10 nitrogen and oxygen atoms in total. The molecule has 10 heteroatoms. The fraction of sp³-hybridized carbons (Fsp3) is 0.533. The number of ether oxygens (including phenoxy) is 1. The third kappa shape index (κ3) is 8.66. The summed E-state index contributed by atoms with van der Waals surface area (Å²) in [5.74, 6) is 0. The number of carbonyl (C=O) groups is 2. The highest BCUT2D eigenvalue weighted by molar-refractivity contribution is 5.67. The third-order valence-electron chi connectivity index (χ3n) is 7.31. The first-order valence-corrected chi connectivity index (χ1v) is 13.7. The zero-order valence-corrected chi connectivity index (χ0v) is 23.5. The van der Waals surface area contributed by atoms with Crippen LogP contribution in [0.5, 0.6) is 0 Å². The third-order valence-corrected chi connectivity index (χ3v) is 7.31. The van der Waals surface area contributed by atoms with Gasteiger partial charge in [0.2, 0.25) is 0 Å². The van der Waals surface area contributed by atoms with Gasteiger partial charge in [-0.2, -0.15) is 0 Å². The predicted octanol–water partition coefficient (Wildman–Crippen LogP) is 3.07. The molecular weight excluding hydrogens is 514 g/mol. The zero-order chi connectivity index (χ0) is 29.3. The molecule has 1 saturated heterocycles. The van der Waals surface area contributed by atoms with E-state index in [-0.39, 0.29) is 25.7 Å². The van der Waals surface area contributed by atoms with Gasteiger partial charge >= 0.3 is 12.2 Å². The van der Waals surface area contributed by atoms with Crippen molar-refractivity contribution in [2.75, 3.05) is 26.3 Å². The molecule has 0 bridgehead atoms. The van der Waals surface area contributed by atoms with Crippen LogP contribution in [-0.2, 0) is 17.6 Å². The van der Waals surface area contributed by atoms with Crippen molar-refractivity contribution in [3.05, 3.63) is 71.8 Å². The number of nitrogens with one attached hydrogen (secondary N) is 1. The summed E-state index contributed by atoms with van der Waals surface area (Å²) in [6.07, 6.45) is -3.27. The van der Waals surface area contributed by atoms with E-state index in [1.54, 1.807) is 20.8 Å². The van der Waals surface area contributed by atoms with Gasteiger partial charge in [0, 0.05) is 25.2 Å². The molecular formula is C30H43N3O7. The molecule has 0 unspecified atom stereocenters. The lowest BCUT2D eigenvalue weighted by atomic mass is 9.94. The summed E-state index contributed by atoms with van der Waals surface area (Å²) in [7, 11) is 0. The molecule has 5 N–H and O–H groups in total. The highest BCUT2D eigenvalue weighted by Crippen LogP contribution is 2.24. The van der Waals surface area contributed by atoms with Crippen molar-refractivity contribution in [3.8, 4) is 0 Å². The van der Waals surface area contributed by atoms with Crippen molar-refractivity contribution in [2.45, 2.75) is 75.9 Å². The van der Waals surface area contributed by atoms with Crippen LogP contribution in [0.4, 0.5) is 9.59 Å². The second kappa shape index (κ2) is 14.5. The summed E-state index contributed by atoms with van der Waals surface area (Å²) in [6.45, 7) is 6.09. The van der Waals surface area contributed by atoms with E-state index in [9.17, 15) is 30.0 Å². The summed E-state index contributed by atoms with van der Waals surface area (Å²) in [4.78, 5) is 27.2. The lowest BCUT2D eigenvalue weighted by Gasteiger charge is -2.42. The Labute approximate surface area is 236 Å². The number of aliphatic hydroxyl groups excluding tert-OH is 2. The summed E-state index contributed by atoms with van der Waals surface area (Å²) in [5, 5.41) is 45.7. The summed E-state index contributed by atoms with van der Waals surface area (Å²) < 4.78 is 5.44. The second-order valence-electron chi connectivity index (χ2n) is 11.3. The largest absolute Gasteiger partial charge is 0.465 e. The SMILES string of the molecule is CC(C)(C)N(C(=O)O)[C@@H](Cc1ccccc1)[C@H](O)CNC[C@@H](O)[C@H](Cc1ccccc1)N(C(=O)O)[C@H]1CCOC1. The fourth-order valence-corrected chi connectivity index (χ4v) is 5.42. The van der Waals surface area contributed by atoms with Crippen molar-refractivity contribution >= 4 is 12.2 Å². The van der Waals surface area contributed by atoms with Crippen molar-refractivity contribution < 1.29 is 34.8 Å². The van der Waals surface area contributed by atoms with Crippen LogP contribution in [0.15, 0.2) is 60.7 Å². The minimum absolute atomic E-state index is 0.00604. The van der Waals surface area contributed by atoms with E-state index in [2.05, 4.69) is 5.32 Å². The molecule has 2 amide bonds. The van der Waals surface area contributed by atoms with E-state index in [1.165, 1.54) is 9.80 Å². The molecule has 1 aliphatic rings. The molecule has 5 atom stereocenters. The normalized spacial score (nSPS) is 18.5. The second-order valence-corrected chi connectivity index (χ2v) is 11.3. The molecule has 0 aliphatic carbocycles. The maximum Gasteiger partial charge on any atom is 0.408 e. The maximum atomic E-state index is 12.3. The number of rotatable bonds is 13. The van der Waals surface area contributed by atoms with Crippen LogP contribution in [0, 0.1) is 0 Å². The number of nitrogens with zero attached hydrogens (tertiary/aromatic N) is 2. The van der Waals surface area contributed by atoms with E-state index in [4.69, 9.17) is 4.74 Å². The highest BCUT2D eigenvalue weighted by Gasteiger charge is 2.39. The number of hydrogen-bond acceptors (Lipinski definition) is 6. The number of benzene rings is 2. The fourth-order valence-electron chi connectivity index (χ4n) is 5.42. The van der Waals surface area contributed by atoms with Gasteiger partial charge < -0.3 is 30.5 Å². The maximum absolute atomic E-state index is 12.3. The van der Waals surface area contributed by atoms with Gasteiger partial charge in [-0.15, -0.1) is 0 Å². The van der Waals surface area contributed by atoms with Crippen molar-refractivity contribution in [1.82, 2.24) is 15.1 Å². The van der Waals surface area contributed by atoms with Gasteiger partial charge in [-0.3, -0.25) is 9.80 Å². The molecule has 0 saturated carbocycles. The van der Waals surface area contributed by atoms with Gasteiger partial charge in [-0.05, 0) is 51.2 Å². The molecule has 0 radical (unpaired) electrons. The van der Waals surface area contributed by atoms with Gasteiger partial charge in [0.25, 0.3) is 0 Å². The molecule has 2 aromatic rings. The van der Waals surface area contributed by atoms with Crippen LogP contribution >= 0.6 is 0 Å². The monoisotopic (exact) mass is 557 g/mol. The zero-order valence-electron chi connectivity index (χ0n) is 23.5. The Morgan fingerprint density at radius 1 is 0.875 bits per heavy atom. The van der Waals surface area contributed by atoms with Crippen molar-refractivity contribution in [3.63, 3.8) is 0 Å². The summed E-state index contributed by atoms with van der Waals surface area (Å²) in [6, 6.07) is 16.9. The predicted molar refractivity (Wildman–Crippen MR) is 151 cm³/mol. The molecule has 0 spiro atoms. The van der Waals surface area contributed by atoms with Crippen LogP contribution in [0.2, 0.25) is 0 Å². The van der Waals surface area contributed by atoms with E-state index in [0.717, 1.165) is 11.1 Å². The van der Waals surface area contributed by atoms with E-state index < -0.39 is 42.0 Å². The van der Waals surface area contributed by atoms with Crippen LogP contribution in [-0.4, -0.2) is 105 Å². The summed E-state index contributed by atoms with van der Waals surface area (Å²) >= 11 is 0. The Balaban J connectivity index is 1.75. The average Bonchev–Trinajstić information content (AvgIpc) is 3.42. The van der Waals surface area contributed by atoms with Gasteiger partial charge in [-0.25, -0.2) is 9.59 Å². The molecule has 40 heavy (non-hydrogen) atoms. The first kappa shape index (κ1) is 31.3. The molecule has 0 aromatic heterocycles. The van der Waals surface area contributed by atoms with Gasteiger partial charge in [0.05, 0.1) is 36.9 Å². The Morgan fingerprint density at radius 2 is 1.38 bits per heavy atom. The first-order chi connectivity index (χ1) is 19.0. The van der Waals surface area contributed by atoms with E-state index >= 15 is 0 Å². The Bertz CT molecular complexity index is 1060. The Hall–Kier alpha value is -3.18. The first-order valence-electron chi connectivity index (χ1n) is 13.7. The molecule has 2 aromatic carbocycles. The van der Waals surface area contributed by atoms with Gasteiger partial charge in [0.15, 0.2) is 0 Å². The lowest BCUT2D eigenvalue weighted by Crippen LogP contribution is -2.59. The minimum Gasteiger partial charge on any atom is -0.465 e. The van der Waals surface area contributed by atoms with Crippen LogP contribution in [0.3, 0.4) is 0 Å². The number of aliphatic hydroxyl groups is 2. The molecule has 1 heterocycles. The number of carboxylic acid groups (broad SMARTS) is 2. The van der Waals surface area contributed by atoms with E-state index in [0.29, 0.717) is 25.9 Å². The van der Waals surface area contributed by atoms with Crippen molar-refractivity contribution in [1.29, 1.82) is 0 Å². The lowest BCUT2D eigenvalue weighted by molar-refractivity contribution is 0.00265. The number of hydrogen-bond donors (Lipinski definition) is 5. The van der Waals surface area contributed by atoms with Crippen molar-refractivity contribution in [2.24, 2.45) is 0 Å². The molecule has 3 rings (SSSR count). The molecule has 1 fully saturated rings. The smallest absolute Gasteiger partial charge is 0.408 e. The van der Waals surface area contributed by atoms with Gasteiger partial charge in [0.1, 0.15) is 0 Å². The minimum atomic E-state index is -1.13. The topological polar surface area (TPSA) is 143 Å². The highest BCUT2D eigenvalue weighted by atomic mass is 16.5. The van der Waals surface area contributed by atoms with Crippen LogP contribution < -0.4 is 5.32 Å². The Kier molecular flexibility index (Phi) is 11.3.